The van der Waals surface area contributed by atoms with Gasteiger partial charge in [0.2, 0.25) is 8.13 Å². The molecule has 0 aromatic heterocycles. The molecule has 0 atom stereocenters. The average molecular weight is 485 g/mol. The third-order valence-electron chi connectivity index (χ3n) is 2.93. The molecule has 0 N–H and O–H groups in total. The van der Waals surface area contributed by atoms with Crippen LogP contribution < -0.4 is 0 Å². The van der Waals surface area contributed by atoms with E-state index in [1.165, 1.54) is 0 Å². The summed E-state index contributed by atoms with van der Waals surface area (Å²) < 4.78 is -8.69. The van der Waals surface area contributed by atoms with Crippen molar-refractivity contribution < 1.29 is 0 Å². The lowest BCUT2D eigenvalue weighted by atomic mass is 10.0. The summed E-state index contributed by atoms with van der Waals surface area (Å²) in [7, 11) is 0. The molecule has 0 bridgehead atoms. The van der Waals surface area contributed by atoms with Crippen LogP contribution in [0.4, 0.5) is 0 Å². The van der Waals surface area contributed by atoms with E-state index < -0.39 is 16.8 Å². The predicted octanol–water partition coefficient (Wildman–Crippen LogP) is 7.80. The number of aryl methyl sites for hydroxylation is 1. The Morgan fingerprint density at radius 2 is 1.18 bits per heavy atom. The SMILES string of the molecule is [CH2]CCc1ccc(C(Cl)(Cl)C(Cl)(Cl)C(Cl)(Cl)C(Cl)(Cl)Cl)cc1. The standard InChI is InChI=1S/C13H10Cl9/c1-2-3-8-4-6-9(7-5-8)10(14,15)11(16,17)12(18,19)13(20,21)22/h4-7H,1-3H2. The van der Waals surface area contributed by atoms with Gasteiger partial charge in [0.1, 0.15) is 0 Å². The number of hydrogen-bond donors (Lipinski definition) is 0. The van der Waals surface area contributed by atoms with Crippen molar-refractivity contribution >= 4 is 104 Å². The van der Waals surface area contributed by atoms with Gasteiger partial charge in [-0.1, -0.05) is 136 Å². The topological polar surface area (TPSA) is 0 Å². The van der Waals surface area contributed by atoms with Gasteiger partial charge >= 0.3 is 0 Å². The molecular formula is C13H10Cl9. The fourth-order valence-corrected chi connectivity index (χ4v) is 3.87. The van der Waals surface area contributed by atoms with Crippen LogP contribution in [-0.4, -0.2) is 12.5 Å². The van der Waals surface area contributed by atoms with Crippen LogP contribution in [0.25, 0.3) is 0 Å². The molecule has 0 unspecified atom stereocenters. The molecule has 0 amide bonds. The maximum absolute atomic E-state index is 6.32. The lowest BCUT2D eigenvalue weighted by Crippen LogP contribution is -2.54. The highest BCUT2D eigenvalue weighted by Gasteiger charge is 2.68. The van der Waals surface area contributed by atoms with E-state index in [1.54, 1.807) is 12.1 Å². The molecule has 0 heterocycles. The van der Waals surface area contributed by atoms with E-state index in [0.29, 0.717) is 5.56 Å². The van der Waals surface area contributed by atoms with E-state index in [9.17, 15) is 0 Å². The van der Waals surface area contributed by atoms with Crippen molar-refractivity contribution in [1.29, 1.82) is 0 Å². The zero-order chi connectivity index (χ0) is 17.4. The van der Waals surface area contributed by atoms with Crippen LogP contribution in [0, 0.1) is 6.92 Å². The van der Waals surface area contributed by atoms with Crippen molar-refractivity contribution in [2.45, 2.75) is 29.6 Å². The highest BCUT2D eigenvalue weighted by atomic mass is 35.6. The van der Waals surface area contributed by atoms with Crippen molar-refractivity contribution in [3.63, 3.8) is 0 Å². The summed E-state index contributed by atoms with van der Waals surface area (Å²) in [6, 6.07) is 6.91. The first kappa shape index (κ1) is 21.9. The first-order chi connectivity index (χ1) is 9.79. The molecule has 1 radical (unpaired) electrons. The number of rotatable bonds is 5. The van der Waals surface area contributed by atoms with E-state index in [4.69, 9.17) is 104 Å². The van der Waals surface area contributed by atoms with Gasteiger partial charge in [-0.3, -0.25) is 0 Å². The maximum Gasteiger partial charge on any atom is 0.226 e. The smallest absolute Gasteiger partial charge is 0.0943 e. The van der Waals surface area contributed by atoms with Gasteiger partial charge in [-0.15, -0.1) is 0 Å². The Balaban J connectivity index is 3.26. The second kappa shape index (κ2) is 7.60. The molecule has 0 aliphatic carbocycles. The van der Waals surface area contributed by atoms with Crippen LogP contribution in [0.15, 0.2) is 24.3 Å². The Kier molecular flexibility index (Phi) is 7.56. The van der Waals surface area contributed by atoms with Crippen LogP contribution in [0.3, 0.4) is 0 Å². The minimum absolute atomic E-state index is 0.355. The Hall–Kier alpha value is 1.83. The largest absolute Gasteiger partial charge is 0.226 e. The highest BCUT2D eigenvalue weighted by Crippen LogP contribution is 2.65. The summed E-state index contributed by atoms with van der Waals surface area (Å²) in [5.74, 6) is 0. The highest BCUT2D eigenvalue weighted by molar-refractivity contribution is 6.80. The van der Waals surface area contributed by atoms with Gasteiger partial charge in [0.05, 0.1) is 0 Å². The number of halogens is 9. The predicted molar refractivity (Wildman–Crippen MR) is 103 cm³/mol. The van der Waals surface area contributed by atoms with Crippen LogP contribution >= 0.6 is 104 Å². The zero-order valence-electron chi connectivity index (χ0n) is 10.8. The quantitative estimate of drug-likeness (QED) is 0.374. The fourth-order valence-electron chi connectivity index (χ4n) is 1.64. The molecule has 0 aliphatic rings. The van der Waals surface area contributed by atoms with Gasteiger partial charge < -0.3 is 0 Å². The molecule has 22 heavy (non-hydrogen) atoms. The molecule has 0 fully saturated rings. The molecule has 1 rings (SSSR count). The van der Waals surface area contributed by atoms with Gasteiger partial charge in [-0.05, 0) is 24.0 Å². The third-order valence-corrected chi connectivity index (χ3v) is 8.40. The van der Waals surface area contributed by atoms with E-state index in [0.717, 1.165) is 18.4 Å². The molecule has 0 nitrogen and oxygen atoms in total. The number of alkyl halides is 9. The van der Waals surface area contributed by atoms with Crippen LogP contribution in [0.5, 0.6) is 0 Å². The van der Waals surface area contributed by atoms with Gasteiger partial charge in [0.25, 0.3) is 0 Å². The Morgan fingerprint density at radius 3 is 1.55 bits per heavy atom. The molecule has 125 valence electrons. The summed E-state index contributed by atoms with van der Waals surface area (Å²) in [4.78, 5) is 0. The molecule has 1 aromatic carbocycles. The first-order valence-electron chi connectivity index (χ1n) is 5.88. The van der Waals surface area contributed by atoms with Crippen molar-refractivity contribution in [1.82, 2.24) is 0 Å². The lowest BCUT2D eigenvalue weighted by molar-refractivity contribution is 0.600. The fraction of sp³-hybridized carbons (Fsp3) is 0.462. The summed E-state index contributed by atoms with van der Waals surface area (Å²) in [5, 5.41) is 0. The molecule has 0 saturated carbocycles. The normalized spacial score (nSPS) is 14.3. The van der Waals surface area contributed by atoms with E-state index in [1.807, 2.05) is 12.1 Å². The zero-order valence-corrected chi connectivity index (χ0v) is 17.6. The first-order valence-corrected chi connectivity index (χ1v) is 9.28. The van der Waals surface area contributed by atoms with E-state index in [-0.39, 0.29) is 0 Å². The average Bonchev–Trinajstić information content (AvgIpc) is 2.38. The molecule has 0 aliphatic heterocycles. The summed E-state index contributed by atoms with van der Waals surface area (Å²) >= 11 is 54.4. The van der Waals surface area contributed by atoms with Gasteiger partial charge in [-0.2, -0.15) is 0 Å². The van der Waals surface area contributed by atoms with Crippen molar-refractivity contribution in [3.8, 4) is 0 Å². The summed E-state index contributed by atoms with van der Waals surface area (Å²) in [6.07, 6.45) is 1.55. The number of hydrogen-bond acceptors (Lipinski definition) is 0. The van der Waals surface area contributed by atoms with Gasteiger partial charge in [-0.25, -0.2) is 0 Å². The second-order valence-corrected chi connectivity index (χ2v) is 10.8. The van der Waals surface area contributed by atoms with Crippen molar-refractivity contribution in [2.75, 3.05) is 0 Å². The number of benzene rings is 1. The lowest BCUT2D eigenvalue weighted by Gasteiger charge is -2.44. The molecular weight excluding hydrogens is 475 g/mol. The monoisotopic (exact) mass is 481 g/mol. The van der Waals surface area contributed by atoms with Crippen molar-refractivity contribution in [3.05, 3.63) is 42.3 Å². The van der Waals surface area contributed by atoms with Crippen molar-refractivity contribution in [2.24, 2.45) is 0 Å². The molecule has 0 saturated heterocycles. The van der Waals surface area contributed by atoms with Gasteiger partial charge in [0.15, 0.2) is 8.67 Å². The van der Waals surface area contributed by atoms with E-state index in [2.05, 4.69) is 6.92 Å². The summed E-state index contributed by atoms with van der Waals surface area (Å²) in [5.41, 5.74) is 1.40. The minimum Gasteiger partial charge on any atom is -0.0943 e. The van der Waals surface area contributed by atoms with Crippen LogP contribution in [0.2, 0.25) is 0 Å². The Bertz CT molecular complexity index is 499. The maximum atomic E-state index is 6.32. The second-order valence-electron chi connectivity index (χ2n) is 4.52. The van der Waals surface area contributed by atoms with E-state index >= 15 is 0 Å². The molecule has 9 heteroatoms. The van der Waals surface area contributed by atoms with Crippen LogP contribution in [0.1, 0.15) is 17.5 Å². The Morgan fingerprint density at radius 1 is 0.727 bits per heavy atom. The molecule has 1 aromatic rings. The third kappa shape index (κ3) is 4.14. The molecule has 0 spiro atoms. The Labute approximate surface area is 175 Å². The minimum atomic E-state index is -2.29. The van der Waals surface area contributed by atoms with Gasteiger partial charge in [0, 0.05) is 0 Å². The summed E-state index contributed by atoms with van der Waals surface area (Å²) in [6.45, 7) is 3.78. The van der Waals surface area contributed by atoms with Crippen LogP contribution in [-0.2, 0) is 10.8 Å².